The Morgan fingerprint density at radius 2 is 2.24 bits per heavy atom. The molecule has 0 aromatic carbocycles. The highest BCUT2D eigenvalue weighted by Gasteiger charge is 2.22. The van der Waals surface area contributed by atoms with Crippen LogP contribution < -0.4 is 16.4 Å². The molecule has 1 saturated heterocycles. The number of likely N-dealkylation sites (N-methyl/N-ethyl adjacent to an activating group) is 1. The summed E-state index contributed by atoms with van der Waals surface area (Å²) in [6.07, 6.45) is 3.93. The minimum atomic E-state index is -0.483. The summed E-state index contributed by atoms with van der Waals surface area (Å²) < 4.78 is 0. The van der Waals surface area contributed by atoms with Crippen molar-refractivity contribution in [1.29, 1.82) is 0 Å². The summed E-state index contributed by atoms with van der Waals surface area (Å²) in [5.74, 6) is 1.60. The number of aryl methyl sites for hydroxylation is 1. The number of primary amides is 1. The molecule has 4 N–H and O–H groups in total. The third-order valence-electron chi connectivity index (χ3n) is 4.25. The molecular formula is C16H23N7OS. The number of nitrogens with two attached hydrogens (primary N) is 1. The third kappa shape index (κ3) is 4.43. The number of hydrogen-bond donors (Lipinski definition) is 3. The minimum absolute atomic E-state index is 0.410. The van der Waals surface area contributed by atoms with Crippen LogP contribution in [0.25, 0.3) is 0 Å². The first-order valence-electron chi connectivity index (χ1n) is 8.41. The van der Waals surface area contributed by atoms with Crippen LogP contribution in [0.3, 0.4) is 0 Å². The number of anilines is 3. The first-order chi connectivity index (χ1) is 12.0. The van der Waals surface area contributed by atoms with E-state index in [0.717, 1.165) is 18.9 Å². The number of likely N-dealkylation sites (tertiary alicyclic amines) is 1. The maximum Gasteiger partial charge on any atom is 0.260 e. The first kappa shape index (κ1) is 17.6. The molecule has 1 atom stereocenters. The predicted octanol–water partition coefficient (Wildman–Crippen LogP) is 1.98. The lowest BCUT2D eigenvalue weighted by molar-refractivity contribution is 0.100. The lowest BCUT2D eigenvalue weighted by Gasteiger charge is -2.23. The molecule has 2 aromatic heterocycles. The number of carbonyl (C=O) groups excluding carboxylic acids is 1. The van der Waals surface area contributed by atoms with Crippen molar-refractivity contribution in [1.82, 2.24) is 19.9 Å². The van der Waals surface area contributed by atoms with Gasteiger partial charge in [0.2, 0.25) is 0 Å². The standard InChI is InChI=1S/C16H23N7OS/c1-3-23-6-4-5-11(23)8-18-13-7-14(21-10(2)20-13)22-16-19-9-12(25-16)15(17)24/h7,9,11H,3-6,8H2,1-2H3,(H2,17,24)(H2,18,19,20,21,22)/t11-/m0/s1. The van der Waals surface area contributed by atoms with E-state index in [1.807, 2.05) is 13.0 Å². The van der Waals surface area contributed by atoms with Gasteiger partial charge in [0.25, 0.3) is 5.91 Å². The van der Waals surface area contributed by atoms with Crippen molar-refractivity contribution in [2.75, 3.05) is 30.3 Å². The molecular weight excluding hydrogens is 338 g/mol. The zero-order valence-corrected chi connectivity index (χ0v) is 15.3. The SMILES string of the molecule is CCN1CCC[C@H]1CNc1cc(Nc2ncc(C(N)=O)s2)nc(C)n1. The molecule has 25 heavy (non-hydrogen) atoms. The summed E-state index contributed by atoms with van der Waals surface area (Å²) in [7, 11) is 0. The van der Waals surface area contributed by atoms with Crippen LogP contribution in [-0.4, -0.2) is 51.4 Å². The van der Waals surface area contributed by atoms with Crippen molar-refractivity contribution >= 4 is 34.0 Å². The number of amides is 1. The number of rotatable bonds is 7. The van der Waals surface area contributed by atoms with Gasteiger partial charge in [-0.25, -0.2) is 15.0 Å². The smallest absolute Gasteiger partial charge is 0.260 e. The van der Waals surface area contributed by atoms with Crippen LogP contribution in [0.2, 0.25) is 0 Å². The molecule has 3 heterocycles. The number of nitrogens with one attached hydrogen (secondary N) is 2. The molecule has 1 aliphatic heterocycles. The highest BCUT2D eigenvalue weighted by molar-refractivity contribution is 7.17. The Balaban J connectivity index is 1.66. The van der Waals surface area contributed by atoms with Crippen molar-refractivity contribution in [3.05, 3.63) is 23.0 Å². The maximum atomic E-state index is 11.2. The Labute approximate surface area is 150 Å². The monoisotopic (exact) mass is 361 g/mol. The fourth-order valence-corrected chi connectivity index (χ4v) is 3.72. The Morgan fingerprint density at radius 1 is 1.44 bits per heavy atom. The van der Waals surface area contributed by atoms with E-state index < -0.39 is 5.91 Å². The largest absolute Gasteiger partial charge is 0.368 e. The van der Waals surface area contributed by atoms with Crippen LogP contribution in [0, 0.1) is 6.92 Å². The molecule has 8 nitrogen and oxygen atoms in total. The highest BCUT2D eigenvalue weighted by Crippen LogP contribution is 2.23. The van der Waals surface area contributed by atoms with Gasteiger partial charge < -0.3 is 16.4 Å². The van der Waals surface area contributed by atoms with Gasteiger partial charge in [0.1, 0.15) is 22.3 Å². The van der Waals surface area contributed by atoms with E-state index >= 15 is 0 Å². The second-order valence-electron chi connectivity index (χ2n) is 6.01. The highest BCUT2D eigenvalue weighted by atomic mass is 32.1. The molecule has 1 fully saturated rings. The van der Waals surface area contributed by atoms with Gasteiger partial charge in [0.15, 0.2) is 5.13 Å². The third-order valence-corrected chi connectivity index (χ3v) is 5.17. The molecule has 9 heteroatoms. The van der Waals surface area contributed by atoms with E-state index in [1.54, 1.807) is 0 Å². The Kier molecular flexibility index (Phi) is 5.44. The molecule has 0 spiro atoms. The minimum Gasteiger partial charge on any atom is -0.368 e. The lowest BCUT2D eigenvalue weighted by atomic mass is 10.2. The Morgan fingerprint density at radius 3 is 2.96 bits per heavy atom. The van der Waals surface area contributed by atoms with Crippen molar-refractivity contribution in [2.45, 2.75) is 32.7 Å². The number of thiazole rings is 1. The summed E-state index contributed by atoms with van der Waals surface area (Å²) in [6, 6.07) is 2.40. The van der Waals surface area contributed by atoms with E-state index in [2.05, 4.69) is 37.4 Å². The van der Waals surface area contributed by atoms with Gasteiger partial charge >= 0.3 is 0 Å². The fraction of sp³-hybridized carbons (Fsp3) is 0.500. The van der Waals surface area contributed by atoms with Crippen LogP contribution in [0.15, 0.2) is 12.3 Å². The second kappa shape index (κ2) is 7.75. The van der Waals surface area contributed by atoms with Gasteiger partial charge in [-0.1, -0.05) is 18.3 Å². The van der Waals surface area contributed by atoms with Gasteiger partial charge in [-0.3, -0.25) is 9.69 Å². The van der Waals surface area contributed by atoms with Gasteiger partial charge in [0, 0.05) is 18.7 Å². The van der Waals surface area contributed by atoms with Gasteiger partial charge in [-0.15, -0.1) is 0 Å². The fourth-order valence-electron chi connectivity index (χ4n) is 3.04. The molecule has 0 unspecified atom stereocenters. The molecule has 0 radical (unpaired) electrons. The number of nitrogens with zero attached hydrogens (tertiary/aromatic N) is 4. The van der Waals surface area contributed by atoms with Crippen molar-refractivity contribution in [3.8, 4) is 0 Å². The average molecular weight is 361 g/mol. The van der Waals surface area contributed by atoms with Crippen molar-refractivity contribution < 1.29 is 4.79 Å². The topological polar surface area (TPSA) is 109 Å². The summed E-state index contributed by atoms with van der Waals surface area (Å²) >= 11 is 1.20. The molecule has 0 saturated carbocycles. The van der Waals surface area contributed by atoms with Crippen molar-refractivity contribution in [2.24, 2.45) is 5.73 Å². The maximum absolute atomic E-state index is 11.2. The van der Waals surface area contributed by atoms with E-state index in [9.17, 15) is 4.79 Å². The molecule has 0 aliphatic carbocycles. The number of hydrogen-bond acceptors (Lipinski definition) is 8. The van der Waals surface area contributed by atoms with E-state index in [-0.39, 0.29) is 0 Å². The van der Waals surface area contributed by atoms with E-state index in [4.69, 9.17) is 5.73 Å². The summed E-state index contributed by atoms with van der Waals surface area (Å²) in [6.45, 7) is 7.16. The van der Waals surface area contributed by atoms with Crippen LogP contribution >= 0.6 is 11.3 Å². The molecule has 2 aromatic rings. The zero-order valence-electron chi connectivity index (χ0n) is 14.5. The Bertz CT molecular complexity index is 748. The summed E-state index contributed by atoms with van der Waals surface area (Å²) in [5.41, 5.74) is 5.25. The zero-order chi connectivity index (χ0) is 17.8. The van der Waals surface area contributed by atoms with Gasteiger partial charge in [-0.2, -0.15) is 0 Å². The summed E-state index contributed by atoms with van der Waals surface area (Å²) in [4.78, 5) is 27.0. The van der Waals surface area contributed by atoms with Crippen LogP contribution in [0.1, 0.15) is 35.3 Å². The lowest BCUT2D eigenvalue weighted by Crippen LogP contribution is -2.34. The normalized spacial score (nSPS) is 17.6. The quantitative estimate of drug-likeness (QED) is 0.692. The van der Waals surface area contributed by atoms with Crippen LogP contribution in [0.5, 0.6) is 0 Å². The number of carbonyl (C=O) groups is 1. The second-order valence-corrected chi connectivity index (χ2v) is 7.04. The van der Waals surface area contributed by atoms with Crippen LogP contribution in [0.4, 0.5) is 16.8 Å². The molecule has 1 amide bonds. The van der Waals surface area contributed by atoms with Gasteiger partial charge in [-0.05, 0) is 32.9 Å². The number of aromatic nitrogens is 3. The predicted molar refractivity (Wildman–Crippen MR) is 99.4 cm³/mol. The van der Waals surface area contributed by atoms with E-state index in [0.29, 0.717) is 27.7 Å². The molecule has 0 bridgehead atoms. The van der Waals surface area contributed by atoms with E-state index in [1.165, 1.54) is 36.9 Å². The first-order valence-corrected chi connectivity index (χ1v) is 9.23. The van der Waals surface area contributed by atoms with Gasteiger partial charge in [0.05, 0.1) is 6.20 Å². The molecule has 1 aliphatic rings. The Hall–Kier alpha value is -2.26. The molecule has 134 valence electrons. The average Bonchev–Trinajstić information content (AvgIpc) is 3.21. The molecule has 3 rings (SSSR count). The van der Waals surface area contributed by atoms with Crippen LogP contribution in [-0.2, 0) is 0 Å². The van der Waals surface area contributed by atoms with Crippen molar-refractivity contribution in [3.63, 3.8) is 0 Å². The summed E-state index contributed by atoms with van der Waals surface area (Å²) in [5, 5.41) is 7.10.